The molecule has 0 radical (unpaired) electrons. The van der Waals surface area contributed by atoms with Crippen molar-refractivity contribution in [2.24, 2.45) is 0 Å². The number of benzene rings is 1. The van der Waals surface area contributed by atoms with Crippen LogP contribution in [0.25, 0.3) is 0 Å². The second-order valence-corrected chi connectivity index (χ2v) is 6.64. The first-order chi connectivity index (χ1) is 12.5. The summed E-state index contributed by atoms with van der Waals surface area (Å²) in [6.07, 6.45) is 5.05. The van der Waals surface area contributed by atoms with Gasteiger partial charge in [-0.2, -0.15) is 0 Å². The van der Waals surface area contributed by atoms with Gasteiger partial charge in [0.1, 0.15) is 5.69 Å². The average Bonchev–Trinajstić information content (AvgIpc) is 2.64. The van der Waals surface area contributed by atoms with Crippen LogP contribution in [0.4, 0.5) is 4.39 Å². The Hall–Kier alpha value is -2.54. The van der Waals surface area contributed by atoms with Crippen molar-refractivity contribution >= 4 is 5.91 Å². The summed E-state index contributed by atoms with van der Waals surface area (Å²) in [6, 6.07) is 6.24. The number of likely N-dealkylation sites (tertiary alicyclic amines) is 1. The molecule has 26 heavy (non-hydrogen) atoms. The van der Waals surface area contributed by atoms with Crippen molar-refractivity contribution in [3.8, 4) is 11.6 Å². The van der Waals surface area contributed by atoms with Gasteiger partial charge in [0, 0.05) is 39.0 Å². The lowest BCUT2D eigenvalue weighted by Gasteiger charge is -2.32. The first-order valence-corrected chi connectivity index (χ1v) is 8.70. The Morgan fingerprint density at radius 3 is 2.85 bits per heavy atom. The van der Waals surface area contributed by atoms with Gasteiger partial charge in [0.05, 0.1) is 6.54 Å². The Kier molecular flexibility index (Phi) is 5.78. The summed E-state index contributed by atoms with van der Waals surface area (Å²) in [6.45, 7) is 1.96. The van der Waals surface area contributed by atoms with Crippen LogP contribution in [0.5, 0.6) is 11.6 Å². The standard InChI is InChI=1S/C19H23FN4O2/c1-23(2)17(25)13-24-11-5-6-14(12-24)18-19(22-10-9-21-18)26-16-8-4-3-7-15(16)20/h3-4,7-10,14H,5-6,11-13H2,1-2H3. The molecule has 3 rings (SSSR count). The minimum atomic E-state index is -0.439. The van der Waals surface area contributed by atoms with Crippen molar-refractivity contribution in [3.63, 3.8) is 0 Å². The van der Waals surface area contributed by atoms with Crippen LogP contribution in [0, 0.1) is 5.82 Å². The quantitative estimate of drug-likeness (QED) is 0.822. The second kappa shape index (κ2) is 8.23. The zero-order valence-electron chi connectivity index (χ0n) is 15.1. The number of hydrogen-bond acceptors (Lipinski definition) is 5. The van der Waals surface area contributed by atoms with E-state index in [9.17, 15) is 9.18 Å². The van der Waals surface area contributed by atoms with Gasteiger partial charge in [-0.3, -0.25) is 14.7 Å². The fraction of sp³-hybridized carbons (Fsp3) is 0.421. The zero-order valence-corrected chi connectivity index (χ0v) is 15.1. The Morgan fingerprint density at radius 1 is 1.31 bits per heavy atom. The van der Waals surface area contributed by atoms with Gasteiger partial charge in [0.25, 0.3) is 0 Å². The summed E-state index contributed by atoms with van der Waals surface area (Å²) in [5.41, 5.74) is 0.706. The molecule has 0 spiro atoms. The number of carbonyl (C=O) groups excluding carboxylic acids is 1. The Bertz CT molecular complexity index is 769. The number of piperidine rings is 1. The van der Waals surface area contributed by atoms with Crippen molar-refractivity contribution in [2.75, 3.05) is 33.7 Å². The number of para-hydroxylation sites is 1. The molecule has 1 aromatic carbocycles. The number of likely N-dealkylation sites (N-methyl/N-ethyl adjacent to an activating group) is 1. The number of hydrogen-bond donors (Lipinski definition) is 0. The third-order valence-corrected chi connectivity index (χ3v) is 4.48. The summed E-state index contributed by atoms with van der Waals surface area (Å²) >= 11 is 0. The van der Waals surface area contributed by atoms with Crippen LogP contribution < -0.4 is 4.74 Å². The van der Waals surface area contributed by atoms with Crippen LogP contribution in [0.3, 0.4) is 0 Å². The van der Waals surface area contributed by atoms with Crippen molar-refractivity contribution in [1.29, 1.82) is 0 Å². The topological polar surface area (TPSA) is 58.6 Å². The molecule has 1 atom stereocenters. The Labute approximate surface area is 152 Å². The molecule has 2 heterocycles. The summed E-state index contributed by atoms with van der Waals surface area (Å²) in [4.78, 5) is 24.4. The van der Waals surface area contributed by atoms with Gasteiger partial charge in [0.15, 0.2) is 11.6 Å². The van der Waals surface area contributed by atoms with Crippen LogP contribution in [0.1, 0.15) is 24.5 Å². The predicted molar refractivity (Wildman–Crippen MR) is 95.6 cm³/mol. The number of nitrogens with zero attached hydrogens (tertiary/aromatic N) is 4. The van der Waals surface area contributed by atoms with Gasteiger partial charge in [-0.05, 0) is 31.5 Å². The van der Waals surface area contributed by atoms with E-state index < -0.39 is 5.82 Å². The van der Waals surface area contributed by atoms with Crippen LogP contribution in [-0.4, -0.2) is 59.4 Å². The molecule has 0 bridgehead atoms. The van der Waals surface area contributed by atoms with Gasteiger partial charge in [-0.15, -0.1) is 0 Å². The summed E-state index contributed by atoms with van der Waals surface area (Å²) in [7, 11) is 3.51. The Balaban J connectivity index is 1.76. The monoisotopic (exact) mass is 358 g/mol. The smallest absolute Gasteiger partial charge is 0.241 e. The molecular formula is C19H23FN4O2. The fourth-order valence-corrected chi connectivity index (χ4v) is 3.08. The molecule has 1 fully saturated rings. The van der Waals surface area contributed by atoms with Crippen LogP contribution >= 0.6 is 0 Å². The van der Waals surface area contributed by atoms with Crippen molar-refractivity contribution in [2.45, 2.75) is 18.8 Å². The lowest BCUT2D eigenvalue weighted by Crippen LogP contribution is -2.41. The zero-order chi connectivity index (χ0) is 18.5. The van der Waals surface area contributed by atoms with Crippen molar-refractivity contribution < 1.29 is 13.9 Å². The van der Waals surface area contributed by atoms with Gasteiger partial charge in [-0.25, -0.2) is 9.37 Å². The normalized spacial score (nSPS) is 17.7. The second-order valence-electron chi connectivity index (χ2n) is 6.64. The van der Waals surface area contributed by atoms with E-state index in [1.54, 1.807) is 43.4 Å². The molecule has 1 unspecified atom stereocenters. The van der Waals surface area contributed by atoms with Gasteiger partial charge in [-0.1, -0.05) is 12.1 Å². The maximum atomic E-state index is 13.9. The number of aromatic nitrogens is 2. The highest BCUT2D eigenvalue weighted by atomic mass is 19.1. The predicted octanol–water partition coefficient (Wildman–Crippen LogP) is 2.68. The summed E-state index contributed by atoms with van der Waals surface area (Å²) < 4.78 is 19.6. The molecule has 1 aliphatic rings. The van der Waals surface area contributed by atoms with Crippen molar-refractivity contribution in [3.05, 3.63) is 48.2 Å². The lowest BCUT2D eigenvalue weighted by atomic mass is 9.94. The fourth-order valence-electron chi connectivity index (χ4n) is 3.08. The van der Waals surface area contributed by atoms with E-state index in [4.69, 9.17) is 4.74 Å². The molecule has 1 aromatic heterocycles. The number of ether oxygens (including phenoxy) is 1. The van der Waals surface area contributed by atoms with E-state index in [1.807, 2.05) is 0 Å². The SMILES string of the molecule is CN(C)C(=O)CN1CCCC(c2nccnc2Oc2ccccc2F)C1. The average molecular weight is 358 g/mol. The van der Waals surface area contributed by atoms with Gasteiger partial charge < -0.3 is 9.64 Å². The first-order valence-electron chi connectivity index (χ1n) is 8.70. The summed E-state index contributed by atoms with van der Waals surface area (Å²) in [5.74, 6) is 0.181. The minimum absolute atomic E-state index is 0.0765. The van der Waals surface area contributed by atoms with Crippen molar-refractivity contribution in [1.82, 2.24) is 19.8 Å². The highest BCUT2D eigenvalue weighted by Gasteiger charge is 2.27. The number of rotatable bonds is 5. The van der Waals surface area contributed by atoms with Gasteiger partial charge in [0.2, 0.25) is 11.8 Å². The molecule has 0 saturated carbocycles. The molecule has 7 heteroatoms. The molecular weight excluding hydrogens is 335 g/mol. The largest absolute Gasteiger partial charge is 0.434 e. The third-order valence-electron chi connectivity index (χ3n) is 4.48. The van der Waals surface area contributed by atoms with Gasteiger partial charge >= 0.3 is 0 Å². The van der Waals surface area contributed by atoms with Crippen LogP contribution in [0.15, 0.2) is 36.7 Å². The van der Waals surface area contributed by atoms with Crippen LogP contribution in [0.2, 0.25) is 0 Å². The van der Waals surface area contributed by atoms with E-state index in [0.29, 0.717) is 24.7 Å². The molecule has 1 aliphatic heterocycles. The molecule has 2 aromatic rings. The minimum Gasteiger partial charge on any atom is -0.434 e. The van der Waals surface area contributed by atoms with E-state index in [0.717, 1.165) is 19.4 Å². The van der Waals surface area contributed by atoms with E-state index >= 15 is 0 Å². The molecule has 1 saturated heterocycles. The summed E-state index contributed by atoms with van der Waals surface area (Å²) in [5, 5.41) is 0. The number of carbonyl (C=O) groups is 1. The maximum absolute atomic E-state index is 13.9. The van der Waals surface area contributed by atoms with E-state index in [-0.39, 0.29) is 17.6 Å². The highest BCUT2D eigenvalue weighted by molar-refractivity contribution is 5.77. The van der Waals surface area contributed by atoms with E-state index in [2.05, 4.69) is 14.9 Å². The lowest BCUT2D eigenvalue weighted by molar-refractivity contribution is -0.130. The molecule has 0 N–H and O–H groups in total. The third kappa shape index (κ3) is 4.35. The number of amides is 1. The van der Waals surface area contributed by atoms with E-state index in [1.165, 1.54) is 12.3 Å². The molecule has 138 valence electrons. The molecule has 6 nitrogen and oxygen atoms in total. The van der Waals surface area contributed by atoms with Crippen LogP contribution in [-0.2, 0) is 4.79 Å². The molecule has 1 amide bonds. The Morgan fingerprint density at radius 2 is 2.08 bits per heavy atom. The highest BCUT2D eigenvalue weighted by Crippen LogP contribution is 2.33. The number of halogens is 1. The maximum Gasteiger partial charge on any atom is 0.241 e. The first kappa shape index (κ1) is 18.3. The molecule has 0 aliphatic carbocycles.